The van der Waals surface area contributed by atoms with E-state index in [0.717, 1.165) is 19.3 Å². The average molecular weight is 417 g/mol. The van der Waals surface area contributed by atoms with Gasteiger partial charge in [0.15, 0.2) is 0 Å². The number of amides is 3. The molecule has 7 nitrogen and oxygen atoms in total. The van der Waals surface area contributed by atoms with Crippen LogP contribution in [0.5, 0.6) is 0 Å². The monoisotopic (exact) mass is 416 g/mol. The van der Waals surface area contributed by atoms with E-state index in [9.17, 15) is 14.4 Å². The van der Waals surface area contributed by atoms with Gasteiger partial charge in [0.2, 0.25) is 17.7 Å². The van der Waals surface area contributed by atoms with Crippen molar-refractivity contribution in [3.05, 3.63) is 35.9 Å². The lowest BCUT2D eigenvalue weighted by atomic mass is 10.0. The molecule has 2 rings (SSSR count). The van der Waals surface area contributed by atoms with E-state index in [1.165, 1.54) is 5.56 Å². The molecule has 3 N–H and O–H groups in total. The number of nitrogens with zero attached hydrogens (tertiary/aromatic N) is 2. The quantitative estimate of drug-likeness (QED) is 0.639. The van der Waals surface area contributed by atoms with Crippen molar-refractivity contribution < 1.29 is 14.4 Å². The molecule has 0 aliphatic carbocycles. The van der Waals surface area contributed by atoms with Gasteiger partial charge >= 0.3 is 0 Å². The molecule has 0 bridgehead atoms. The molecular weight excluding hydrogens is 380 g/mol. The molecular formula is C23H36N4O3. The van der Waals surface area contributed by atoms with Gasteiger partial charge in [-0.2, -0.15) is 0 Å². The van der Waals surface area contributed by atoms with Crippen LogP contribution >= 0.6 is 0 Å². The first-order valence-electron chi connectivity index (χ1n) is 10.9. The molecule has 1 aliphatic heterocycles. The summed E-state index contributed by atoms with van der Waals surface area (Å²) >= 11 is 0. The van der Waals surface area contributed by atoms with Crippen LogP contribution in [-0.2, 0) is 20.8 Å². The highest BCUT2D eigenvalue weighted by atomic mass is 16.2. The predicted molar refractivity (Wildman–Crippen MR) is 118 cm³/mol. The Balaban J connectivity index is 2.05. The van der Waals surface area contributed by atoms with Crippen molar-refractivity contribution in [3.8, 4) is 0 Å². The smallest absolute Gasteiger partial charge is 0.245 e. The summed E-state index contributed by atoms with van der Waals surface area (Å²) in [4.78, 5) is 41.2. The number of nitrogens with one attached hydrogen (secondary N) is 1. The van der Waals surface area contributed by atoms with Crippen molar-refractivity contribution >= 4 is 17.7 Å². The Bertz CT molecular complexity index is 720. The van der Waals surface area contributed by atoms with Crippen LogP contribution in [0.4, 0.5) is 0 Å². The van der Waals surface area contributed by atoms with Crippen LogP contribution in [0.2, 0.25) is 0 Å². The van der Waals surface area contributed by atoms with Crippen LogP contribution in [-0.4, -0.2) is 65.3 Å². The van der Waals surface area contributed by atoms with Gasteiger partial charge in [0.25, 0.3) is 0 Å². The Morgan fingerprint density at radius 2 is 1.87 bits per heavy atom. The Hall–Kier alpha value is -2.41. The van der Waals surface area contributed by atoms with Crippen LogP contribution in [0.25, 0.3) is 0 Å². The lowest BCUT2D eigenvalue weighted by Crippen LogP contribution is -2.56. The highest BCUT2D eigenvalue weighted by molar-refractivity contribution is 5.90. The van der Waals surface area contributed by atoms with E-state index >= 15 is 0 Å². The van der Waals surface area contributed by atoms with E-state index in [2.05, 4.69) is 17.4 Å². The van der Waals surface area contributed by atoms with Gasteiger partial charge in [0, 0.05) is 32.6 Å². The van der Waals surface area contributed by atoms with Crippen molar-refractivity contribution in [2.24, 2.45) is 11.7 Å². The first kappa shape index (κ1) is 23.9. The summed E-state index contributed by atoms with van der Waals surface area (Å²) in [6.07, 6.45) is 2.53. The molecule has 1 heterocycles. The van der Waals surface area contributed by atoms with E-state index in [4.69, 9.17) is 5.73 Å². The molecule has 7 heteroatoms. The van der Waals surface area contributed by atoms with Gasteiger partial charge in [0.05, 0.1) is 6.04 Å². The summed E-state index contributed by atoms with van der Waals surface area (Å²) in [7, 11) is 0. The van der Waals surface area contributed by atoms with Crippen LogP contribution in [0.3, 0.4) is 0 Å². The van der Waals surface area contributed by atoms with Crippen molar-refractivity contribution in [2.75, 3.05) is 19.6 Å². The molecule has 0 radical (unpaired) electrons. The highest BCUT2D eigenvalue weighted by Crippen LogP contribution is 2.21. The minimum atomic E-state index is -0.667. The van der Waals surface area contributed by atoms with E-state index in [0.29, 0.717) is 19.6 Å². The minimum absolute atomic E-state index is 0.0101. The topological polar surface area (TPSA) is 95.7 Å². The predicted octanol–water partition coefficient (Wildman–Crippen LogP) is 1.56. The highest BCUT2D eigenvalue weighted by Gasteiger charge is 2.36. The molecule has 0 aromatic heterocycles. The lowest BCUT2D eigenvalue weighted by Gasteiger charge is -2.34. The van der Waals surface area contributed by atoms with Crippen molar-refractivity contribution in [2.45, 2.75) is 65.1 Å². The largest absolute Gasteiger partial charge is 0.343 e. The van der Waals surface area contributed by atoms with Gasteiger partial charge in [0.1, 0.15) is 6.04 Å². The molecule has 0 spiro atoms. The van der Waals surface area contributed by atoms with Gasteiger partial charge in [-0.3, -0.25) is 14.4 Å². The number of nitrogens with two attached hydrogens (primary N) is 1. The molecule has 1 saturated heterocycles. The van der Waals surface area contributed by atoms with Crippen LogP contribution in [0, 0.1) is 5.92 Å². The van der Waals surface area contributed by atoms with Gasteiger partial charge in [-0.05, 0) is 37.7 Å². The SMILES string of the molecule is CC(=O)N(CCc1ccccc1)C[C@@H]1CCCN1C(=O)[C@@H](NC(=O)[C@H](C)N)C(C)C. The standard InChI is InChI=1S/C23H36N4O3/c1-16(2)21(25-22(29)17(3)24)23(30)27-13-8-11-20(27)15-26(18(4)28)14-12-19-9-6-5-7-10-19/h5-7,9-10,16-17,20-21H,8,11-15,24H2,1-4H3,(H,25,29)/t17-,20-,21-/m0/s1. The third-order valence-electron chi connectivity index (χ3n) is 5.69. The van der Waals surface area contributed by atoms with E-state index in [-0.39, 0.29) is 29.7 Å². The zero-order valence-electron chi connectivity index (χ0n) is 18.6. The summed E-state index contributed by atoms with van der Waals surface area (Å²) in [6, 6.07) is 8.75. The Kier molecular flexibility index (Phi) is 8.84. The number of hydrogen-bond acceptors (Lipinski definition) is 4. The molecule has 30 heavy (non-hydrogen) atoms. The summed E-state index contributed by atoms with van der Waals surface area (Å²) in [5.41, 5.74) is 6.85. The van der Waals surface area contributed by atoms with Crippen molar-refractivity contribution in [1.29, 1.82) is 0 Å². The van der Waals surface area contributed by atoms with Crippen LogP contribution in [0.1, 0.15) is 46.1 Å². The first-order valence-corrected chi connectivity index (χ1v) is 10.9. The first-order chi connectivity index (χ1) is 14.2. The van der Waals surface area contributed by atoms with Crippen LogP contribution in [0.15, 0.2) is 30.3 Å². The second kappa shape index (κ2) is 11.1. The minimum Gasteiger partial charge on any atom is -0.343 e. The second-order valence-electron chi connectivity index (χ2n) is 8.55. The fraction of sp³-hybridized carbons (Fsp3) is 0.609. The fourth-order valence-corrected chi connectivity index (χ4v) is 3.83. The summed E-state index contributed by atoms with van der Waals surface area (Å²) in [5.74, 6) is -0.460. The number of carbonyl (C=O) groups excluding carboxylic acids is 3. The van der Waals surface area contributed by atoms with Crippen molar-refractivity contribution in [3.63, 3.8) is 0 Å². The van der Waals surface area contributed by atoms with E-state index < -0.39 is 12.1 Å². The third kappa shape index (κ3) is 6.55. The third-order valence-corrected chi connectivity index (χ3v) is 5.69. The van der Waals surface area contributed by atoms with Crippen molar-refractivity contribution in [1.82, 2.24) is 15.1 Å². The van der Waals surface area contributed by atoms with Gasteiger partial charge in [-0.25, -0.2) is 0 Å². The average Bonchev–Trinajstić information content (AvgIpc) is 3.17. The Morgan fingerprint density at radius 3 is 2.43 bits per heavy atom. The van der Waals surface area contributed by atoms with Gasteiger partial charge < -0.3 is 20.9 Å². The van der Waals surface area contributed by atoms with Gasteiger partial charge in [-0.1, -0.05) is 44.2 Å². The molecule has 3 amide bonds. The molecule has 1 aliphatic rings. The number of rotatable bonds is 9. The molecule has 166 valence electrons. The fourth-order valence-electron chi connectivity index (χ4n) is 3.83. The zero-order chi connectivity index (χ0) is 22.3. The number of benzene rings is 1. The molecule has 1 fully saturated rings. The Morgan fingerprint density at radius 1 is 1.20 bits per heavy atom. The van der Waals surface area contributed by atoms with E-state index in [1.54, 1.807) is 13.8 Å². The number of likely N-dealkylation sites (tertiary alicyclic amines) is 1. The summed E-state index contributed by atoms with van der Waals surface area (Å²) in [5, 5.41) is 2.80. The summed E-state index contributed by atoms with van der Waals surface area (Å²) < 4.78 is 0. The maximum absolute atomic E-state index is 13.3. The lowest BCUT2D eigenvalue weighted by molar-refractivity contribution is -0.140. The molecule has 1 aromatic rings. The zero-order valence-corrected chi connectivity index (χ0v) is 18.6. The number of carbonyl (C=O) groups is 3. The van der Waals surface area contributed by atoms with E-state index in [1.807, 2.05) is 41.8 Å². The molecule has 3 atom stereocenters. The molecule has 1 aromatic carbocycles. The summed E-state index contributed by atoms with van der Waals surface area (Å²) in [6.45, 7) is 8.78. The molecule has 0 saturated carbocycles. The molecule has 0 unspecified atom stereocenters. The number of hydrogen-bond donors (Lipinski definition) is 2. The normalized spacial score (nSPS) is 18.2. The Labute approximate surface area is 180 Å². The maximum atomic E-state index is 13.3. The van der Waals surface area contributed by atoms with Crippen LogP contribution < -0.4 is 11.1 Å². The second-order valence-corrected chi connectivity index (χ2v) is 8.55. The van der Waals surface area contributed by atoms with Gasteiger partial charge in [-0.15, -0.1) is 0 Å². The maximum Gasteiger partial charge on any atom is 0.245 e.